The minimum Gasteiger partial charge on any atom is -0.377 e. The van der Waals surface area contributed by atoms with Crippen molar-refractivity contribution in [3.05, 3.63) is 41.5 Å². The minimum atomic E-state index is -0.498. The molecule has 4 unspecified atom stereocenters. The maximum atomic E-state index is 10.3. The molecule has 3 heterocycles. The van der Waals surface area contributed by atoms with Crippen LogP contribution >= 0.6 is 0 Å². The molecule has 2 aliphatic heterocycles. The van der Waals surface area contributed by atoms with Gasteiger partial charge in [0.25, 0.3) is 0 Å². The van der Waals surface area contributed by atoms with Gasteiger partial charge in [0, 0.05) is 38.0 Å². The summed E-state index contributed by atoms with van der Waals surface area (Å²) in [5.41, 5.74) is 9.35. The molecule has 0 spiro atoms. The highest BCUT2D eigenvalue weighted by molar-refractivity contribution is 5.65. The van der Waals surface area contributed by atoms with E-state index in [0.29, 0.717) is 17.9 Å². The quantitative estimate of drug-likeness (QED) is 0.712. The van der Waals surface area contributed by atoms with Gasteiger partial charge in [-0.25, -0.2) is 5.43 Å². The van der Waals surface area contributed by atoms with E-state index < -0.39 is 6.23 Å². The number of fused-ring (bicyclic) bond motifs is 1. The van der Waals surface area contributed by atoms with Crippen LogP contribution in [-0.2, 0) is 7.05 Å². The van der Waals surface area contributed by atoms with Crippen molar-refractivity contribution in [2.75, 3.05) is 18.0 Å². The molecule has 3 aliphatic rings. The molecule has 0 amide bonds. The first-order valence-electron chi connectivity index (χ1n) is 11.0. The van der Waals surface area contributed by atoms with Gasteiger partial charge >= 0.3 is 0 Å². The Morgan fingerprint density at radius 3 is 2.70 bits per heavy atom. The molecule has 8 nitrogen and oxygen atoms in total. The lowest BCUT2D eigenvalue weighted by atomic mass is 9.74. The number of nitrogens with zero attached hydrogens (tertiary/aromatic N) is 5. The molecular weight excluding hydrogens is 378 g/mol. The van der Waals surface area contributed by atoms with E-state index in [4.69, 9.17) is 0 Å². The molecule has 30 heavy (non-hydrogen) atoms. The Hall–Kier alpha value is -2.47. The fourth-order valence-electron chi connectivity index (χ4n) is 5.67. The number of piperidine rings is 1. The Balaban J connectivity index is 1.39. The smallest absolute Gasteiger partial charge is 0.135 e. The van der Waals surface area contributed by atoms with Gasteiger partial charge < -0.3 is 14.6 Å². The number of hydrogen-bond acceptors (Lipinski definition) is 7. The SMILES string of the molecule is Cn1cnnc1C1CCN(c2c(C#N)cccc2C2CCC3NNC(O)C3C2)CC1. The largest absolute Gasteiger partial charge is 0.377 e. The summed E-state index contributed by atoms with van der Waals surface area (Å²) < 4.78 is 2.02. The van der Waals surface area contributed by atoms with Crippen LogP contribution in [-0.4, -0.2) is 45.2 Å². The molecule has 8 heteroatoms. The number of nitrogens with one attached hydrogen (secondary N) is 2. The van der Waals surface area contributed by atoms with Crippen LogP contribution in [0.5, 0.6) is 0 Å². The van der Waals surface area contributed by atoms with Crippen LogP contribution in [0.25, 0.3) is 0 Å². The maximum Gasteiger partial charge on any atom is 0.135 e. The van der Waals surface area contributed by atoms with Crippen LogP contribution in [0.2, 0.25) is 0 Å². The minimum absolute atomic E-state index is 0.212. The van der Waals surface area contributed by atoms with Gasteiger partial charge in [0.2, 0.25) is 0 Å². The molecule has 1 aliphatic carbocycles. The summed E-state index contributed by atoms with van der Waals surface area (Å²) >= 11 is 0. The average Bonchev–Trinajstić information content (AvgIpc) is 3.38. The van der Waals surface area contributed by atoms with Crippen molar-refractivity contribution in [2.24, 2.45) is 13.0 Å². The first-order chi connectivity index (χ1) is 14.7. The molecule has 1 aromatic heterocycles. The van der Waals surface area contributed by atoms with Gasteiger partial charge in [-0.1, -0.05) is 12.1 Å². The first-order valence-corrected chi connectivity index (χ1v) is 11.0. The number of nitriles is 1. The highest BCUT2D eigenvalue weighted by atomic mass is 16.3. The number of aryl methyl sites for hydroxylation is 1. The third kappa shape index (κ3) is 3.37. The van der Waals surface area contributed by atoms with E-state index in [9.17, 15) is 10.4 Å². The summed E-state index contributed by atoms with van der Waals surface area (Å²) in [5.74, 6) is 2.04. The summed E-state index contributed by atoms with van der Waals surface area (Å²) in [6, 6.07) is 8.91. The number of hydrogen-bond donors (Lipinski definition) is 3. The van der Waals surface area contributed by atoms with Gasteiger partial charge in [-0.3, -0.25) is 5.43 Å². The highest BCUT2D eigenvalue weighted by Crippen LogP contribution is 2.44. The molecule has 4 atom stereocenters. The van der Waals surface area contributed by atoms with Crippen LogP contribution in [0.15, 0.2) is 24.5 Å². The zero-order chi connectivity index (χ0) is 20.7. The second-order valence-electron chi connectivity index (χ2n) is 8.93. The lowest BCUT2D eigenvalue weighted by Crippen LogP contribution is -2.37. The van der Waals surface area contributed by atoms with Gasteiger partial charge in [0.05, 0.1) is 11.3 Å². The third-order valence-corrected chi connectivity index (χ3v) is 7.27. The molecule has 0 radical (unpaired) electrons. The molecule has 2 saturated heterocycles. The van der Waals surface area contributed by atoms with Gasteiger partial charge in [-0.05, 0) is 49.7 Å². The Bertz CT molecular complexity index is 943. The molecule has 1 aromatic carbocycles. The fraction of sp³-hybridized carbons (Fsp3) is 0.591. The number of aliphatic hydroxyl groups is 1. The number of hydrazine groups is 1. The second kappa shape index (κ2) is 7.99. The number of para-hydroxylation sites is 1. The van der Waals surface area contributed by atoms with E-state index in [-0.39, 0.29) is 5.92 Å². The van der Waals surface area contributed by atoms with Crippen molar-refractivity contribution < 1.29 is 5.11 Å². The number of aliphatic hydroxyl groups excluding tert-OH is 1. The molecule has 3 fully saturated rings. The summed E-state index contributed by atoms with van der Waals surface area (Å²) in [5, 5.41) is 28.5. The molecule has 1 saturated carbocycles. The monoisotopic (exact) mass is 407 g/mol. The van der Waals surface area contributed by atoms with Crippen LogP contribution in [0.1, 0.15) is 60.9 Å². The molecule has 3 N–H and O–H groups in total. The lowest BCUT2D eigenvalue weighted by molar-refractivity contribution is 0.0888. The topological polar surface area (TPSA) is 102 Å². The fourth-order valence-corrected chi connectivity index (χ4v) is 5.67. The molecule has 158 valence electrons. The van der Waals surface area contributed by atoms with Gasteiger partial charge in [0.1, 0.15) is 24.4 Å². The molecule has 2 aromatic rings. The van der Waals surface area contributed by atoms with Crippen molar-refractivity contribution in [3.63, 3.8) is 0 Å². The zero-order valence-electron chi connectivity index (χ0n) is 17.3. The average molecular weight is 408 g/mol. The zero-order valence-corrected chi connectivity index (χ0v) is 17.3. The predicted molar refractivity (Wildman–Crippen MR) is 112 cm³/mol. The molecule has 5 rings (SSSR count). The van der Waals surface area contributed by atoms with Gasteiger partial charge in [0.15, 0.2) is 0 Å². The standard InChI is InChI=1S/C22H29N7O/c1-28-13-24-26-21(28)14-7-9-29(10-8-14)20-16(12-23)3-2-4-17(20)15-5-6-19-18(11-15)22(30)27-25-19/h2-4,13-15,18-19,22,25,27,30H,5-11H2,1H3. The predicted octanol–water partition coefficient (Wildman–Crippen LogP) is 1.75. The molecular formula is C22H29N7O. The van der Waals surface area contributed by atoms with Gasteiger partial charge in [-0.2, -0.15) is 5.26 Å². The van der Waals surface area contributed by atoms with Crippen molar-refractivity contribution in [2.45, 2.75) is 56.2 Å². The van der Waals surface area contributed by atoms with Crippen LogP contribution < -0.4 is 15.8 Å². The van der Waals surface area contributed by atoms with E-state index in [1.54, 1.807) is 6.33 Å². The van der Waals surface area contributed by atoms with Crippen LogP contribution in [0.3, 0.4) is 0 Å². The summed E-state index contributed by atoms with van der Waals surface area (Å²) in [6.07, 6.45) is 6.32. The Morgan fingerprint density at radius 1 is 1.13 bits per heavy atom. The number of aromatic nitrogens is 3. The van der Waals surface area contributed by atoms with Gasteiger partial charge in [-0.15, -0.1) is 10.2 Å². The van der Waals surface area contributed by atoms with Crippen molar-refractivity contribution in [1.29, 1.82) is 5.26 Å². The normalized spacial score (nSPS) is 29.6. The first kappa shape index (κ1) is 19.5. The van der Waals surface area contributed by atoms with Crippen molar-refractivity contribution in [1.82, 2.24) is 25.6 Å². The number of rotatable bonds is 3. The Kier molecular flexibility index (Phi) is 5.19. The molecule has 0 bridgehead atoms. The summed E-state index contributed by atoms with van der Waals surface area (Å²) in [4.78, 5) is 2.40. The third-order valence-electron chi connectivity index (χ3n) is 7.27. The number of anilines is 1. The Morgan fingerprint density at radius 2 is 1.97 bits per heavy atom. The summed E-state index contributed by atoms with van der Waals surface area (Å²) in [7, 11) is 2.00. The maximum absolute atomic E-state index is 10.3. The van der Waals surface area contributed by atoms with E-state index in [0.717, 1.165) is 62.3 Å². The summed E-state index contributed by atoms with van der Waals surface area (Å²) in [6.45, 7) is 1.82. The highest BCUT2D eigenvalue weighted by Gasteiger charge is 2.41. The van der Waals surface area contributed by atoms with E-state index in [1.165, 1.54) is 5.56 Å². The van der Waals surface area contributed by atoms with E-state index in [2.05, 4.69) is 38.1 Å². The van der Waals surface area contributed by atoms with E-state index in [1.807, 2.05) is 23.7 Å². The Labute approximate surface area is 176 Å². The van der Waals surface area contributed by atoms with Crippen LogP contribution in [0.4, 0.5) is 5.69 Å². The lowest BCUT2D eigenvalue weighted by Gasteiger charge is -2.38. The van der Waals surface area contributed by atoms with E-state index >= 15 is 0 Å². The van der Waals surface area contributed by atoms with Crippen molar-refractivity contribution >= 4 is 5.69 Å². The van der Waals surface area contributed by atoms with Crippen LogP contribution in [0, 0.1) is 17.2 Å². The van der Waals surface area contributed by atoms with Crippen molar-refractivity contribution in [3.8, 4) is 6.07 Å². The number of benzene rings is 1. The second-order valence-corrected chi connectivity index (χ2v) is 8.93.